The van der Waals surface area contributed by atoms with Crippen LogP contribution in [0, 0.1) is 6.92 Å². The smallest absolute Gasteiger partial charge is 0.00612 e. The Bertz CT molecular complexity index is 493. The van der Waals surface area contributed by atoms with Gasteiger partial charge < -0.3 is 0 Å². The van der Waals surface area contributed by atoms with E-state index in [-0.39, 0.29) is 0 Å². The van der Waals surface area contributed by atoms with Crippen molar-refractivity contribution >= 4 is 21.5 Å². The van der Waals surface area contributed by atoms with Crippen molar-refractivity contribution in [1.82, 2.24) is 0 Å². The Labute approximate surface area is 101 Å². The SMILES string of the molecule is CC1=CC=[PH](Cc2cccpc2C)C=C1C. The van der Waals surface area contributed by atoms with Gasteiger partial charge in [-0.25, -0.2) is 0 Å². The Morgan fingerprint density at radius 1 is 1.19 bits per heavy atom. The van der Waals surface area contributed by atoms with Crippen LogP contribution in [0.5, 0.6) is 0 Å². The van der Waals surface area contributed by atoms with Gasteiger partial charge in [0.05, 0.1) is 0 Å². The molecule has 0 N–H and O–H groups in total. The van der Waals surface area contributed by atoms with Gasteiger partial charge in [-0.2, -0.15) is 0 Å². The molecule has 1 atom stereocenters. The molecule has 0 saturated heterocycles. The summed E-state index contributed by atoms with van der Waals surface area (Å²) in [5.74, 6) is 7.13. The molecule has 84 valence electrons. The maximum absolute atomic E-state index is 2.49. The van der Waals surface area contributed by atoms with Crippen molar-refractivity contribution in [2.24, 2.45) is 0 Å². The summed E-state index contributed by atoms with van der Waals surface area (Å²) < 4.78 is 0. The molecule has 0 amide bonds. The molecule has 0 aromatic carbocycles. The molecule has 0 nitrogen and oxygen atoms in total. The first kappa shape index (κ1) is 11.9. The molecule has 2 heterocycles. The second-order valence-corrected chi connectivity index (χ2v) is 7.70. The van der Waals surface area contributed by atoms with E-state index in [0.29, 0.717) is 0 Å². The summed E-state index contributed by atoms with van der Waals surface area (Å²) in [6, 6.07) is 4.47. The van der Waals surface area contributed by atoms with Gasteiger partial charge >= 0.3 is 0 Å². The van der Waals surface area contributed by atoms with Gasteiger partial charge in [0.25, 0.3) is 0 Å². The summed E-state index contributed by atoms with van der Waals surface area (Å²) in [5, 5.41) is 1.52. The molecule has 1 aromatic rings. The summed E-state index contributed by atoms with van der Waals surface area (Å²) in [4.78, 5) is 0. The fourth-order valence-electron chi connectivity index (χ4n) is 1.84. The summed E-state index contributed by atoms with van der Waals surface area (Å²) in [5.41, 5.74) is 4.44. The van der Waals surface area contributed by atoms with Gasteiger partial charge in [-0.15, -0.1) is 0 Å². The fraction of sp³-hybridized carbons (Fsp3) is 0.286. The predicted molar refractivity (Wildman–Crippen MR) is 79.3 cm³/mol. The van der Waals surface area contributed by atoms with Crippen LogP contribution in [0.2, 0.25) is 0 Å². The lowest BCUT2D eigenvalue weighted by atomic mass is 10.1. The van der Waals surface area contributed by atoms with Crippen molar-refractivity contribution in [2.75, 3.05) is 0 Å². The van der Waals surface area contributed by atoms with Gasteiger partial charge in [-0.3, -0.25) is 0 Å². The lowest BCUT2D eigenvalue weighted by Gasteiger charge is -2.12. The average Bonchev–Trinajstić information content (AvgIpc) is 2.27. The molecule has 1 aliphatic heterocycles. The third kappa shape index (κ3) is 2.76. The second-order valence-electron chi connectivity index (χ2n) is 4.34. The number of hydrogen-bond acceptors (Lipinski definition) is 0. The van der Waals surface area contributed by atoms with Crippen molar-refractivity contribution in [3.8, 4) is 0 Å². The van der Waals surface area contributed by atoms with Crippen molar-refractivity contribution in [2.45, 2.75) is 26.9 Å². The van der Waals surface area contributed by atoms with Gasteiger partial charge in [0.15, 0.2) is 0 Å². The summed E-state index contributed by atoms with van der Waals surface area (Å²) in [6.45, 7) is 6.67. The highest BCUT2D eigenvalue weighted by molar-refractivity contribution is 7.60. The van der Waals surface area contributed by atoms with Crippen LogP contribution in [0.25, 0.3) is 0 Å². The maximum Gasteiger partial charge on any atom is -0.00612 e. The zero-order valence-corrected chi connectivity index (χ0v) is 12.0. The van der Waals surface area contributed by atoms with Gasteiger partial charge in [-0.1, -0.05) is 45.6 Å². The van der Waals surface area contributed by atoms with E-state index in [1.54, 1.807) is 5.56 Å². The first-order valence-corrected chi connectivity index (χ1v) is 8.46. The van der Waals surface area contributed by atoms with E-state index in [1.807, 2.05) is 0 Å². The highest BCUT2D eigenvalue weighted by Gasteiger charge is 2.03. The van der Waals surface area contributed by atoms with Crippen molar-refractivity contribution < 1.29 is 0 Å². The fourth-order valence-corrected chi connectivity index (χ4v) is 5.09. The lowest BCUT2D eigenvalue weighted by Crippen LogP contribution is -1.88. The van der Waals surface area contributed by atoms with Crippen molar-refractivity contribution in [1.29, 1.82) is 0 Å². The molecule has 16 heavy (non-hydrogen) atoms. The largest absolute Gasteiger partial charge is 0.0927 e. The van der Waals surface area contributed by atoms with Crippen LogP contribution in [0.4, 0.5) is 0 Å². The highest BCUT2D eigenvalue weighted by Crippen LogP contribution is 2.37. The van der Waals surface area contributed by atoms with Crippen LogP contribution < -0.4 is 0 Å². The third-order valence-electron chi connectivity index (χ3n) is 3.08. The molecule has 1 aromatic heterocycles. The number of allylic oxidation sites excluding steroid dienone is 3. The molecular weight excluding hydrogens is 230 g/mol. The minimum atomic E-state index is -0.452. The molecule has 0 saturated carbocycles. The normalized spacial score (nSPS) is 20.3. The summed E-state index contributed by atoms with van der Waals surface area (Å²) in [7, 11) is 0.923. The minimum absolute atomic E-state index is 0.452. The van der Waals surface area contributed by atoms with E-state index in [4.69, 9.17) is 0 Å². The molecule has 2 rings (SSSR count). The van der Waals surface area contributed by atoms with Gasteiger partial charge in [-0.05, 0) is 54.7 Å². The Kier molecular flexibility index (Phi) is 3.85. The Balaban J connectivity index is 2.22. The molecular formula is C14H18P2. The van der Waals surface area contributed by atoms with E-state index < -0.39 is 7.55 Å². The number of rotatable bonds is 2. The van der Waals surface area contributed by atoms with Gasteiger partial charge in [0, 0.05) is 0 Å². The molecule has 0 spiro atoms. The summed E-state index contributed by atoms with van der Waals surface area (Å²) >= 11 is 0. The molecule has 2 heteroatoms. The molecule has 0 bridgehead atoms. The van der Waals surface area contributed by atoms with Crippen LogP contribution in [-0.2, 0) is 6.16 Å². The lowest BCUT2D eigenvalue weighted by molar-refractivity contribution is 1.34. The molecule has 0 fully saturated rings. The molecule has 1 aliphatic rings. The maximum atomic E-state index is 2.49. The topological polar surface area (TPSA) is 0 Å². The molecule has 1 unspecified atom stereocenters. The van der Waals surface area contributed by atoms with Gasteiger partial charge in [0.1, 0.15) is 0 Å². The first-order chi connectivity index (χ1) is 7.66. The zero-order valence-electron chi connectivity index (χ0n) is 10.1. The third-order valence-corrected chi connectivity index (χ3v) is 6.27. The van der Waals surface area contributed by atoms with E-state index in [9.17, 15) is 0 Å². The predicted octanol–water partition coefficient (Wildman–Crippen LogP) is 4.96. The number of hydrogen-bond donors (Lipinski definition) is 0. The quantitative estimate of drug-likeness (QED) is 0.649. The van der Waals surface area contributed by atoms with E-state index >= 15 is 0 Å². The Hall–Kier alpha value is -0.570. The van der Waals surface area contributed by atoms with Crippen LogP contribution in [0.3, 0.4) is 0 Å². The average molecular weight is 248 g/mol. The van der Waals surface area contributed by atoms with E-state index in [0.717, 1.165) is 0 Å². The van der Waals surface area contributed by atoms with Crippen molar-refractivity contribution in [3.05, 3.63) is 51.8 Å². The number of aryl methyl sites for hydroxylation is 1. The molecule has 0 radical (unpaired) electrons. The van der Waals surface area contributed by atoms with Crippen LogP contribution in [0.1, 0.15) is 24.7 Å². The first-order valence-electron chi connectivity index (χ1n) is 5.63. The van der Waals surface area contributed by atoms with E-state index in [1.165, 1.54) is 30.8 Å². The standard InChI is InChI=1S/C14H18P2/c1-11-6-8-16(9-12(11)2)10-14-5-4-7-15-13(14)3/h4-9,16H,10H2,1-3H3. The van der Waals surface area contributed by atoms with Gasteiger partial charge in [0.2, 0.25) is 0 Å². The summed E-state index contributed by atoms with van der Waals surface area (Å²) in [6.07, 6.45) is 3.55. The Morgan fingerprint density at radius 3 is 2.69 bits per heavy atom. The van der Waals surface area contributed by atoms with Crippen LogP contribution >= 0.6 is 15.7 Å². The second kappa shape index (κ2) is 5.17. The van der Waals surface area contributed by atoms with E-state index in [2.05, 4.69) is 56.4 Å². The van der Waals surface area contributed by atoms with Crippen molar-refractivity contribution in [3.63, 3.8) is 0 Å². The highest BCUT2D eigenvalue weighted by atomic mass is 31.1. The van der Waals surface area contributed by atoms with Crippen LogP contribution in [-0.4, -0.2) is 5.80 Å². The minimum Gasteiger partial charge on any atom is -0.0927 e. The molecule has 0 aliphatic carbocycles. The Morgan fingerprint density at radius 2 is 2.00 bits per heavy atom. The monoisotopic (exact) mass is 248 g/mol. The van der Waals surface area contributed by atoms with Crippen LogP contribution in [0.15, 0.2) is 41.0 Å². The zero-order chi connectivity index (χ0) is 11.5.